The lowest BCUT2D eigenvalue weighted by Crippen LogP contribution is -2.27. The average molecular weight is 245 g/mol. The Morgan fingerprint density at radius 2 is 2.39 bits per heavy atom. The molecule has 1 radical (unpaired) electrons. The van der Waals surface area contributed by atoms with E-state index in [0.29, 0.717) is 6.54 Å². The first-order valence-electron chi connectivity index (χ1n) is 6.20. The summed E-state index contributed by atoms with van der Waals surface area (Å²) in [6.07, 6.45) is 2.19. The summed E-state index contributed by atoms with van der Waals surface area (Å²) in [7, 11) is 0. The minimum atomic E-state index is -0.583. The zero-order chi connectivity index (χ0) is 12.5. The lowest BCUT2D eigenvalue weighted by molar-refractivity contribution is 0.234. The molecule has 4 heteroatoms. The van der Waals surface area contributed by atoms with E-state index in [1.54, 1.807) is 0 Å². The summed E-state index contributed by atoms with van der Waals surface area (Å²) in [6, 6.07) is 6.30. The fourth-order valence-electron chi connectivity index (χ4n) is 2.45. The van der Waals surface area contributed by atoms with Crippen molar-refractivity contribution in [2.75, 3.05) is 29.9 Å². The molecule has 0 saturated carbocycles. The molecule has 0 bridgehead atoms. The molecule has 0 aliphatic carbocycles. The Hall–Kier alpha value is -1.68. The van der Waals surface area contributed by atoms with Crippen LogP contribution in [0.4, 0.5) is 11.4 Å². The van der Waals surface area contributed by atoms with Crippen molar-refractivity contribution in [3.8, 4) is 0 Å². The summed E-state index contributed by atoms with van der Waals surface area (Å²) in [5.41, 5.74) is 4.82. The Morgan fingerprint density at radius 1 is 1.50 bits per heavy atom. The Morgan fingerprint density at radius 3 is 3.22 bits per heavy atom. The van der Waals surface area contributed by atoms with Crippen LogP contribution in [0.5, 0.6) is 0 Å². The van der Waals surface area contributed by atoms with E-state index in [1.165, 1.54) is 16.9 Å². The molecule has 1 aromatic rings. The molecule has 4 nitrogen and oxygen atoms in total. The predicted molar refractivity (Wildman–Crippen MR) is 71.4 cm³/mol. The number of aliphatic hydroxyl groups is 1. The molecule has 1 atom stereocenters. The Labute approximate surface area is 107 Å². The number of ether oxygens (including phenoxy) is 1. The molecule has 1 aromatic carbocycles. The number of anilines is 2. The van der Waals surface area contributed by atoms with Crippen molar-refractivity contribution in [1.29, 1.82) is 0 Å². The molecule has 0 aromatic heterocycles. The van der Waals surface area contributed by atoms with Gasteiger partial charge in [0, 0.05) is 24.3 Å². The van der Waals surface area contributed by atoms with Crippen LogP contribution in [-0.4, -0.2) is 30.9 Å². The van der Waals surface area contributed by atoms with E-state index < -0.39 is 6.10 Å². The highest BCUT2D eigenvalue weighted by Gasteiger charge is 2.26. The van der Waals surface area contributed by atoms with Crippen molar-refractivity contribution < 1.29 is 9.84 Å². The zero-order valence-electron chi connectivity index (χ0n) is 10.2. The van der Waals surface area contributed by atoms with Crippen molar-refractivity contribution in [3.05, 3.63) is 42.6 Å². The average Bonchev–Trinajstić information content (AvgIpc) is 2.73. The number of allylic oxidation sites excluding steroid dienone is 1. The molecule has 3 rings (SSSR count). The highest BCUT2D eigenvalue weighted by atomic mass is 16.5. The normalized spacial score (nSPS) is 18.6. The van der Waals surface area contributed by atoms with Gasteiger partial charge in [-0.05, 0) is 30.7 Å². The molecule has 2 aliphatic rings. The van der Waals surface area contributed by atoms with Crippen molar-refractivity contribution in [2.24, 2.45) is 0 Å². The zero-order valence-corrected chi connectivity index (χ0v) is 10.2. The van der Waals surface area contributed by atoms with Gasteiger partial charge < -0.3 is 20.1 Å². The summed E-state index contributed by atoms with van der Waals surface area (Å²) in [4.78, 5) is 2.30. The fourth-order valence-corrected chi connectivity index (χ4v) is 2.45. The molecule has 2 aliphatic heterocycles. The topological polar surface area (TPSA) is 44.7 Å². The summed E-state index contributed by atoms with van der Waals surface area (Å²) in [5.74, 6) is 0. The van der Waals surface area contributed by atoms with Crippen LogP contribution in [0.2, 0.25) is 0 Å². The third kappa shape index (κ3) is 2.04. The smallest absolute Gasteiger partial charge is 0.105 e. The van der Waals surface area contributed by atoms with E-state index in [0.717, 1.165) is 25.3 Å². The Kier molecular flexibility index (Phi) is 2.88. The van der Waals surface area contributed by atoms with Gasteiger partial charge in [0.2, 0.25) is 0 Å². The maximum atomic E-state index is 9.17. The number of hydrogen-bond donors (Lipinski definition) is 2. The monoisotopic (exact) mass is 245 g/mol. The largest absolute Gasteiger partial charge is 0.498 e. The lowest BCUT2D eigenvalue weighted by Gasteiger charge is -2.24. The van der Waals surface area contributed by atoms with Crippen LogP contribution in [0, 0.1) is 6.92 Å². The van der Waals surface area contributed by atoms with Crippen molar-refractivity contribution in [3.63, 3.8) is 0 Å². The van der Waals surface area contributed by atoms with Gasteiger partial charge in [-0.3, -0.25) is 0 Å². The van der Waals surface area contributed by atoms with Crippen molar-refractivity contribution in [2.45, 2.75) is 12.5 Å². The second-order valence-corrected chi connectivity index (χ2v) is 4.69. The molecule has 0 fully saturated rings. The van der Waals surface area contributed by atoms with Crippen LogP contribution < -0.4 is 10.2 Å². The third-order valence-electron chi connectivity index (χ3n) is 3.28. The third-order valence-corrected chi connectivity index (χ3v) is 3.28. The first-order valence-corrected chi connectivity index (χ1v) is 6.20. The number of nitrogens with one attached hydrogen (secondary N) is 1. The van der Waals surface area contributed by atoms with E-state index >= 15 is 0 Å². The van der Waals surface area contributed by atoms with Gasteiger partial charge in [0.15, 0.2) is 0 Å². The minimum Gasteiger partial charge on any atom is -0.498 e. The van der Waals surface area contributed by atoms with E-state index in [9.17, 15) is 0 Å². The highest BCUT2D eigenvalue weighted by molar-refractivity contribution is 5.69. The van der Waals surface area contributed by atoms with Gasteiger partial charge in [0.25, 0.3) is 0 Å². The number of fused-ring (bicyclic) bond motifs is 3. The predicted octanol–water partition coefficient (Wildman–Crippen LogP) is 1.53. The van der Waals surface area contributed by atoms with Gasteiger partial charge in [-0.15, -0.1) is 0 Å². The van der Waals surface area contributed by atoms with Gasteiger partial charge in [-0.1, -0.05) is 0 Å². The van der Waals surface area contributed by atoms with Crippen LogP contribution in [0.1, 0.15) is 5.56 Å². The Bertz CT molecular complexity index is 483. The first kappa shape index (κ1) is 11.4. The van der Waals surface area contributed by atoms with Gasteiger partial charge in [-0.25, -0.2) is 0 Å². The summed E-state index contributed by atoms with van der Waals surface area (Å²) < 4.78 is 5.36. The number of aliphatic hydroxyl groups excluding tert-OH is 1. The maximum absolute atomic E-state index is 9.17. The van der Waals surface area contributed by atoms with Crippen LogP contribution in [-0.2, 0) is 11.2 Å². The summed E-state index contributed by atoms with van der Waals surface area (Å²) in [5, 5.41) is 12.3. The number of nitrogens with zero attached hydrogens (tertiary/aromatic N) is 1. The lowest BCUT2D eigenvalue weighted by atomic mass is 10.1. The quantitative estimate of drug-likeness (QED) is 0.847. The number of benzene rings is 1. The van der Waals surface area contributed by atoms with Crippen molar-refractivity contribution in [1.82, 2.24) is 0 Å². The Balaban J connectivity index is 1.81. The van der Waals surface area contributed by atoms with Crippen LogP contribution in [0.3, 0.4) is 0 Å². The van der Waals surface area contributed by atoms with E-state index in [-0.39, 0.29) is 0 Å². The van der Waals surface area contributed by atoms with Gasteiger partial charge in [-0.2, -0.15) is 0 Å². The molecule has 0 spiro atoms. The van der Waals surface area contributed by atoms with E-state index in [1.807, 2.05) is 12.3 Å². The molecule has 95 valence electrons. The van der Waals surface area contributed by atoms with Crippen LogP contribution in [0.15, 0.2) is 30.2 Å². The second-order valence-electron chi connectivity index (χ2n) is 4.69. The molecular weight excluding hydrogens is 228 g/mol. The molecular formula is C14H17N2O2. The van der Waals surface area contributed by atoms with Crippen molar-refractivity contribution >= 4 is 11.4 Å². The standard InChI is InChI=1S/C14H17N2O2/c1-10(17)8-15-12-2-3-14-11(6-12)7-13-9-18-5-4-16(13)14/h2-3,6,9-10,15,17H,1,4-5,7-8H2/t10-/m1/s1. The van der Waals surface area contributed by atoms with Gasteiger partial charge in [0.05, 0.1) is 18.3 Å². The van der Waals surface area contributed by atoms with Gasteiger partial charge >= 0.3 is 0 Å². The van der Waals surface area contributed by atoms with E-state index in [4.69, 9.17) is 9.84 Å². The maximum Gasteiger partial charge on any atom is 0.105 e. The molecule has 0 saturated heterocycles. The molecule has 0 unspecified atom stereocenters. The first-order chi connectivity index (χ1) is 8.74. The van der Waals surface area contributed by atoms with Crippen LogP contribution >= 0.6 is 0 Å². The van der Waals surface area contributed by atoms with Gasteiger partial charge in [0.1, 0.15) is 12.9 Å². The molecule has 0 amide bonds. The molecule has 2 heterocycles. The second kappa shape index (κ2) is 4.53. The number of rotatable bonds is 3. The number of hydrogen-bond acceptors (Lipinski definition) is 4. The van der Waals surface area contributed by atoms with Crippen LogP contribution in [0.25, 0.3) is 0 Å². The highest BCUT2D eigenvalue weighted by Crippen LogP contribution is 2.37. The SMILES string of the molecule is [CH2][C@@H](O)CNc1ccc2c(c1)CC1=COCCN12. The fraction of sp³-hybridized carbons (Fsp3) is 0.357. The minimum absolute atomic E-state index is 0.467. The van der Waals surface area contributed by atoms with E-state index in [2.05, 4.69) is 29.3 Å². The molecule has 18 heavy (non-hydrogen) atoms. The summed E-state index contributed by atoms with van der Waals surface area (Å²) in [6.45, 7) is 5.68. The summed E-state index contributed by atoms with van der Waals surface area (Å²) >= 11 is 0. The molecule has 2 N–H and O–H groups in total.